The van der Waals surface area contributed by atoms with E-state index in [0.29, 0.717) is 11.4 Å². The second-order valence-electron chi connectivity index (χ2n) is 4.50. The number of rotatable bonds is 5. The third-order valence-corrected chi connectivity index (χ3v) is 7.88. The monoisotopic (exact) mass is 452 g/mol. The summed E-state index contributed by atoms with van der Waals surface area (Å²) in [5, 5.41) is 3.27. The minimum atomic E-state index is -3.37. The summed E-state index contributed by atoms with van der Waals surface area (Å²) < 4.78 is 27.2. The predicted octanol–water partition coefficient (Wildman–Crippen LogP) is 4.14. The van der Waals surface area contributed by atoms with E-state index < -0.39 is 10.0 Å². The van der Waals surface area contributed by atoms with Crippen LogP contribution in [0, 0.1) is 0 Å². The lowest BCUT2D eigenvalue weighted by molar-refractivity contribution is 0.521. The molecule has 0 spiro atoms. The molecule has 1 aromatic heterocycles. The van der Waals surface area contributed by atoms with Crippen LogP contribution in [0.4, 0.5) is 5.69 Å². The Morgan fingerprint density at radius 2 is 1.81 bits per heavy atom. The molecule has 1 aromatic carbocycles. The van der Waals surface area contributed by atoms with Crippen molar-refractivity contribution in [1.82, 2.24) is 4.31 Å². The number of benzene rings is 1. The Bertz CT molecular complexity index is 706. The Kier molecular flexibility index (Phi) is 5.48. The normalized spacial score (nSPS) is 11.9. The molecule has 2 rings (SSSR count). The molecule has 2 aromatic rings. The van der Waals surface area contributed by atoms with E-state index in [9.17, 15) is 8.42 Å². The van der Waals surface area contributed by atoms with Gasteiger partial charge in [-0.1, -0.05) is 0 Å². The van der Waals surface area contributed by atoms with Gasteiger partial charge < -0.3 is 5.32 Å². The quantitative estimate of drug-likeness (QED) is 0.740. The topological polar surface area (TPSA) is 49.4 Å². The van der Waals surface area contributed by atoms with E-state index in [0.717, 1.165) is 13.9 Å². The fourth-order valence-electron chi connectivity index (χ4n) is 1.62. The molecule has 0 aliphatic carbocycles. The Morgan fingerprint density at radius 1 is 1.19 bits per heavy atom. The first-order chi connectivity index (χ1) is 9.80. The summed E-state index contributed by atoms with van der Waals surface area (Å²) in [6, 6.07) is 8.81. The second kappa shape index (κ2) is 6.78. The SMILES string of the molecule is CN(C)S(=O)(=O)c1ccc(NCc2cc(Br)c(Br)s2)cc1. The maximum Gasteiger partial charge on any atom is 0.242 e. The molecule has 0 amide bonds. The molecule has 0 unspecified atom stereocenters. The Morgan fingerprint density at radius 3 is 2.29 bits per heavy atom. The number of hydrogen-bond acceptors (Lipinski definition) is 4. The zero-order valence-electron chi connectivity index (χ0n) is 11.4. The molecule has 1 N–H and O–H groups in total. The van der Waals surface area contributed by atoms with Gasteiger partial charge in [0.2, 0.25) is 10.0 Å². The van der Waals surface area contributed by atoms with Crippen LogP contribution in [0.3, 0.4) is 0 Å². The van der Waals surface area contributed by atoms with Crippen molar-refractivity contribution in [3.05, 3.63) is 43.5 Å². The molecule has 1 heterocycles. The van der Waals surface area contributed by atoms with E-state index in [1.807, 2.05) is 6.07 Å². The molecular weight excluding hydrogens is 440 g/mol. The van der Waals surface area contributed by atoms with E-state index in [2.05, 4.69) is 37.2 Å². The minimum absolute atomic E-state index is 0.291. The largest absolute Gasteiger partial charge is 0.380 e. The third kappa shape index (κ3) is 4.07. The molecule has 0 aliphatic rings. The van der Waals surface area contributed by atoms with E-state index in [4.69, 9.17) is 0 Å². The molecule has 21 heavy (non-hydrogen) atoms. The average Bonchev–Trinajstić information content (AvgIpc) is 2.76. The van der Waals surface area contributed by atoms with Gasteiger partial charge in [0.1, 0.15) is 0 Å². The van der Waals surface area contributed by atoms with Gasteiger partial charge in [0.05, 0.1) is 8.68 Å². The van der Waals surface area contributed by atoms with Crippen molar-refractivity contribution in [1.29, 1.82) is 0 Å². The van der Waals surface area contributed by atoms with Gasteiger partial charge in [-0.05, 0) is 62.2 Å². The van der Waals surface area contributed by atoms with Crippen molar-refractivity contribution >= 4 is 58.9 Å². The summed E-state index contributed by atoms with van der Waals surface area (Å²) in [5.41, 5.74) is 0.883. The fraction of sp³-hybridized carbons (Fsp3) is 0.231. The molecule has 0 atom stereocenters. The predicted molar refractivity (Wildman–Crippen MR) is 94.4 cm³/mol. The molecule has 0 saturated carbocycles. The van der Waals surface area contributed by atoms with E-state index >= 15 is 0 Å². The van der Waals surface area contributed by atoms with Gasteiger partial charge in [-0.2, -0.15) is 0 Å². The maximum atomic E-state index is 12.0. The van der Waals surface area contributed by atoms with Gasteiger partial charge in [-0.15, -0.1) is 11.3 Å². The van der Waals surface area contributed by atoms with Gasteiger partial charge in [0.25, 0.3) is 0 Å². The number of halogens is 2. The Hall–Kier alpha value is -0.410. The number of nitrogens with zero attached hydrogens (tertiary/aromatic N) is 1. The van der Waals surface area contributed by atoms with Gasteiger partial charge in [-0.25, -0.2) is 12.7 Å². The zero-order valence-corrected chi connectivity index (χ0v) is 16.2. The van der Waals surface area contributed by atoms with Crippen molar-refractivity contribution in [2.75, 3.05) is 19.4 Å². The van der Waals surface area contributed by atoms with Crippen molar-refractivity contribution < 1.29 is 8.42 Å². The average molecular weight is 454 g/mol. The van der Waals surface area contributed by atoms with Gasteiger partial charge >= 0.3 is 0 Å². The van der Waals surface area contributed by atoms with Gasteiger partial charge in [-0.3, -0.25) is 0 Å². The Labute approximate surface area is 145 Å². The molecule has 0 aliphatic heterocycles. The lowest BCUT2D eigenvalue weighted by Gasteiger charge is -2.12. The van der Waals surface area contributed by atoms with Crippen molar-refractivity contribution in [3.63, 3.8) is 0 Å². The summed E-state index contributed by atoms with van der Waals surface area (Å²) in [6.07, 6.45) is 0. The highest BCUT2D eigenvalue weighted by Crippen LogP contribution is 2.32. The third-order valence-electron chi connectivity index (χ3n) is 2.80. The van der Waals surface area contributed by atoms with Crippen LogP contribution in [0.15, 0.2) is 43.5 Å². The summed E-state index contributed by atoms with van der Waals surface area (Å²) in [7, 11) is -0.324. The van der Waals surface area contributed by atoms with Crippen LogP contribution in [0.5, 0.6) is 0 Å². The summed E-state index contributed by atoms with van der Waals surface area (Å²) in [5.74, 6) is 0. The molecule has 114 valence electrons. The zero-order chi connectivity index (χ0) is 15.6. The van der Waals surface area contributed by atoms with Gasteiger partial charge in [0, 0.05) is 35.7 Å². The van der Waals surface area contributed by atoms with Crippen LogP contribution < -0.4 is 5.32 Å². The van der Waals surface area contributed by atoms with Crippen molar-refractivity contribution in [3.8, 4) is 0 Å². The summed E-state index contributed by atoms with van der Waals surface area (Å²) in [6.45, 7) is 0.689. The first-order valence-corrected chi connectivity index (χ1v) is 9.85. The van der Waals surface area contributed by atoms with Crippen LogP contribution in [-0.4, -0.2) is 26.8 Å². The molecule has 0 radical (unpaired) electrons. The molecule has 0 saturated heterocycles. The van der Waals surface area contributed by atoms with E-state index in [1.54, 1.807) is 35.6 Å². The Balaban J connectivity index is 2.06. The van der Waals surface area contributed by atoms with Crippen LogP contribution in [-0.2, 0) is 16.6 Å². The first kappa shape index (κ1) is 17.0. The highest BCUT2D eigenvalue weighted by atomic mass is 79.9. The molecule has 4 nitrogen and oxygen atoms in total. The first-order valence-electron chi connectivity index (χ1n) is 6.01. The van der Waals surface area contributed by atoms with Crippen LogP contribution >= 0.6 is 43.2 Å². The van der Waals surface area contributed by atoms with E-state index in [1.165, 1.54) is 23.3 Å². The smallest absolute Gasteiger partial charge is 0.242 e. The van der Waals surface area contributed by atoms with Crippen molar-refractivity contribution in [2.45, 2.75) is 11.4 Å². The fourth-order valence-corrected chi connectivity index (χ4v) is 4.64. The van der Waals surface area contributed by atoms with E-state index in [-0.39, 0.29) is 0 Å². The lowest BCUT2D eigenvalue weighted by atomic mass is 10.3. The molecular formula is C13H14Br2N2O2S2. The highest BCUT2D eigenvalue weighted by Gasteiger charge is 2.16. The number of thiophene rings is 1. The van der Waals surface area contributed by atoms with Crippen LogP contribution in [0.2, 0.25) is 0 Å². The molecule has 0 fully saturated rings. The lowest BCUT2D eigenvalue weighted by Crippen LogP contribution is -2.22. The van der Waals surface area contributed by atoms with Crippen LogP contribution in [0.1, 0.15) is 4.88 Å². The van der Waals surface area contributed by atoms with Gasteiger partial charge in [0.15, 0.2) is 0 Å². The number of anilines is 1. The molecule has 8 heteroatoms. The standard InChI is InChI=1S/C13H14Br2N2O2S2/c1-17(2)21(18,19)11-5-3-9(4-6-11)16-8-10-7-12(14)13(15)20-10/h3-7,16H,8H2,1-2H3. The second-order valence-corrected chi connectivity index (χ2v) is 9.96. The number of hydrogen-bond donors (Lipinski definition) is 1. The van der Waals surface area contributed by atoms with Crippen molar-refractivity contribution in [2.24, 2.45) is 0 Å². The minimum Gasteiger partial charge on any atom is -0.380 e. The number of sulfonamides is 1. The summed E-state index contributed by atoms with van der Waals surface area (Å²) in [4.78, 5) is 1.47. The number of nitrogens with one attached hydrogen (secondary N) is 1. The highest BCUT2D eigenvalue weighted by molar-refractivity contribution is 9.13. The molecule has 0 bridgehead atoms. The maximum absolute atomic E-state index is 12.0. The summed E-state index contributed by atoms with van der Waals surface area (Å²) >= 11 is 8.56. The van der Waals surface area contributed by atoms with Crippen LogP contribution in [0.25, 0.3) is 0 Å².